The Morgan fingerprint density at radius 1 is 1.50 bits per heavy atom. The quantitative estimate of drug-likeness (QED) is 0.475. The highest BCUT2D eigenvalue weighted by Gasteiger charge is 2.51. The topological polar surface area (TPSA) is 118 Å². The zero-order valence-electron chi connectivity index (χ0n) is 7.48. The maximum absolute atomic E-state index is 11.1. The molecule has 0 aromatic carbocycles. The fourth-order valence-corrected chi connectivity index (χ4v) is 1.53. The number of hydrogen-bond donors (Lipinski definition) is 3. The Bertz CT molecular complexity index is 222. The first-order valence-electron chi connectivity index (χ1n) is 3.77. The van der Waals surface area contributed by atoms with Crippen molar-refractivity contribution in [2.75, 3.05) is 6.61 Å². The molecule has 1 saturated heterocycles. The van der Waals surface area contributed by atoms with Crippen LogP contribution in [0.25, 0.3) is 0 Å². The van der Waals surface area contributed by atoms with Gasteiger partial charge in [-0.1, -0.05) is 0 Å². The zero-order valence-corrected chi connectivity index (χ0v) is 9.06. The monoisotopic (exact) mass is 272 g/mol. The summed E-state index contributed by atoms with van der Waals surface area (Å²) >= 11 is 2.90. The first kappa shape index (κ1) is 13.9. The van der Waals surface area contributed by atoms with Gasteiger partial charge in [0.25, 0.3) is 0 Å². The van der Waals surface area contributed by atoms with Crippen molar-refractivity contribution in [1.29, 1.82) is 0 Å². The summed E-state index contributed by atoms with van der Waals surface area (Å²) in [6.07, 6.45) is -4.01. The van der Waals surface area contributed by atoms with Crippen LogP contribution in [0.5, 0.6) is 0 Å². The van der Waals surface area contributed by atoms with Crippen LogP contribution < -0.4 is 0 Å². The molecule has 0 radical (unpaired) electrons. The van der Waals surface area contributed by atoms with Gasteiger partial charge in [0, 0.05) is 0 Å². The minimum absolute atomic E-state index is 0. The summed E-state index contributed by atoms with van der Waals surface area (Å²) in [7, 11) is 0. The van der Waals surface area contributed by atoms with E-state index in [4.69, 9.17) is 9.84 Å². The summed E-state index contributed by atoms with van der Waals surface area (Å²) in [5.41, 5.74) is 0. The van der Waals surface area contributed by atoms with Crippen LogP contribution in [0, 0.1) is 0 Å². The molecule has 4 atom stereocenters. The van der Waals surface area contributed by atoms with Gasteiger partial charge in [-0.2, -0.15) is 0 Å². The molecule has 0 spiro atoms. The van der Waals surface area contributed by atoms with Crippen molar-refractivity contribution in [2.45, 2.75) is 29.7 Å². The number of hydrogen-bond acceptors (Lipinski definition) is 5. The maximum atomic E-state index is 11.1. The lowest BCUT2D eigenvalue weighted by atomic mass is 9.98. The molecule has 0 saturated carbocycles. The van der Waals surface area contributed by atoms with E-state index in [1.807, 2.05) is 0 Å². The standard InChI is InChI=1S/C7H11BrO5.H2O/c1-3(9)7(8)6(12)5(11)4(10)2-13-7;/h4-6,10-12H,2H2,1H3;1H2/t4-,5+,6-,7+;/m0./s1. The van der Waals surface area contributed by atoms with Gasteiger partial charge in [-0.3, -0.25) is 4.79 Å². The zero-order chi connectivity index (χ0) is 10.2. The number of rotatable bonds is 1. The molecule has 14 heavy (non-hydrogen) atoms. The van der Waals surface area contributed by atoms with Gasteiger partial charge < -0.3 is 25.5 Å². The van der Waals surface area contributed by atoms with Crippen molar-refractivity contribution < 1.29 is 30.3 Å². The molecule has 84 valence electrons. The van der Waals surface area contributed by atoms with E-state index in [2.05, 4.69) is 15.9 Å². The molecule has 5 N–H and O–H groups in total. The number of ether oxygens (including phenoxy) is 1. The smallest absolute Gasteiger partial charge is 0.209 e. The van der Waals surface area contributed by atoms with E-state index < -0.39 is 28.6 Å². The van der Waals surface area contributed by atoms with E-state index in [1.165, 1.54) is 6.92 Å². The van der Waals surface area contributed by atoms with Gasteiger partial charge in [0.15, 0.2) is 5.78 Å². The molecule has 1 heterocycles. The van der Waals surface area contributed by atoms with Gasteiger partial charge >= 0.3 is 0 Å². The highest BCUT2D eigenvalue weighted by molar-refractivity contribution is 9.10. The molecule has 7 heteroatoms. The molecule has 1 aliphatic heterocycles. The minimum Gasteiger partial charge on any atom is -0.412 e. The first-order chi connectivity index (χ1) is 5.89. The number of aliphatic hydroxyl groups excluding tert-OH is 3. The average molecular weight is 273 g/mol. The summed E-state index contributed by atoms with van der Waals surface area (Å²) in [6, 6.07) is 0. The molecule has 1 aliphatic rings. The Morgan fingerprint density at radius 3 is 2.43 bits per heavy atom. The van der Waals surface area contributed by atoms with Crippen molar-refractivity contribution in [2.24, 2.45) is 0 Å². The number of carbonyl (C=O) groups excluding carboxylic acids is 1. The Balaban J connectivity index is 0.00000169. The molecule has 0 unspecified atom stereocenters. The number of ketones is 1. The van der Waals surface area contributed by atoms with Crippen LogP contribution in [-0.4, -0.2) is 56.0 Å². The summed E-state index contributed by atoms with van der Waals surface area (Å²) in [5.74, 6) is -0.453. The van der Waals surface area contributed by atoms with Gasteiger partial charge in [-0.15, -0.1) is 0 Å². The SMILES string of the molecule is CC(=O)[C@@]1(Br)OC[C@H](O)[C@@H](O)[C@@H]1O.O. The van der Waals surface area contributed by atoms with Crippen LogP contribution in [0.2, 0.25) is 0 Å². The van der Waals surface area contributed by atoms with Gasteiger partial charge in [0.1, 0.15) is 18.3 Å². The molecule has 0 aromatic rings. The number of aliphatic hydroxyl groups is 3. The highest BCUT2D eigenvalue weighted by atomic mass is 79.9. The summed E-state index contributed by atoms with van der Waals surface area (Å²) < 4.78 is 3.34. The normalized spacial score (nSPS) is 42.8. The Hall–Kier alpha value is -0.0500. The summed E-state index contributed by atoms with van der Waals surface area (Å²) in [4.78, 5) is 11.1. The van der Waals surface area contributed by atoms with Crippen LogP contribution >= 0.6 is 15.9 Å². The predicted molar refractivity (Wildman–Crippen MR) is 49.9 cm³/mol. The van der Waals surface area contributed by atoms with Crippen LogP contribution in [-0.2, 0) is 9.53 Å². The minimum atomic E-state index is -1.59. The number of halogens is 1. The molecule has 0 aromatic heterocycles. The number of carbonyl (C=O) groups is 1. The van der Waals surface area contributed by atoms with E-state index in [0.717, 1.165) is 0 Å². The Kier molecular flexibility index (Phi) is 4.63. The average Bonchev–Trinajstić information content (AvgIpc) is 2.08. The van der Waals surface area contributed by atoms with Gasteiger partial charge in [-0.05, 0) is 22.9 Å². The third kappa shape index (κ3) is 2.13. The molecule has 0 bridgehead atoms. The molecule has 0 aliphatic carbocycles. The van der Waals surface area contributed by atoms with E-state index in [1.54, 1.807) is 0 Å². The molecule has 6 nitrogen and oxygen atoms in total. The second kappa shape index (κ2) is 4.65. The van der Waals surface area contributed by atoms with Crippen molar-refractivity contribution in [3.05, 3.63) is 0 Å². The first-order valence-corrected chi connectivity index (χ1v) is 4.57. The van der Waals surface area contributed by atoms with Crippen molar-refractivity contribution in [1.82, 2.24) is 0 Å². The van der Waals surface area contributed by atoms with E-state index in [-0.39, 0.29) is 12.1 Å². The van der Waals surface area contributed by atoms with Crippen LogP contribution in [0.4, 0.5) is 0 Å². The van der Waals surface area contributed by atoms with Crippen molar-refractivity contribution in [3.8, 4) is 0 Å². The number of Topliss-reactive ketones (excluding diaryl/α,β-unsaturated/α-hetero) is 1. The molecule has 0 amide bonds. The lowest BCUT2D eigenvalue weighted by Crippen LogP contribution is -2.60. The molecule has 1 fully saturated rings. The molecule has 1 rings (SSSR count). The second-order valence-electron chi connectivity index (χ2n) is 3.01. The lowest BCUT2D eigenvalue weighted by Gasteiger charge is -2.39. The summed E-state index contributed by atoms with van der Waals surface area (Å²) in [5, 5.41) is 27.8. The predicted octanol–water partition coefficient (Wildman–Crippen LogP) is -2.05. The van der Waals surface area contributed by atoms with Crippen molar-refractivity contribution >= 4 is 21.7 Å². The van der Waals surface area contributed by atoms with Crippen LogP contribution in [0.3, 0.4) is 0 Å². The summed E-state index contributed by atoms with van der Waals surface area (Å²) in [6.45, 7) is 1.03. The van der Waals surface area contributed by atoms with E-state index in [9.17, 15) is 15.0 Å². The Labute approximate surface area is 88.9 Å². The van der Waals surface area contributed by atoms with Gasteiger partial charge in [0.2, 0.25) is 4.51 Å². The third-order valence-corrected chi connectivity index (χ3v) is 3.30. The molecular weight excluding hydrogens is 260 g/mol. The Morgan fingerprint density at radius 2 is 2.00 bits per heavy atom. The van der Waals surface area contributed by atoms with Crippen LogP contribution in [0.15, 0.2) is 0 Å². The third-order valence-electron chi connectivity index (χ3n) is 2.04. The maximum Gasteiger partial charge on any atom is 0.209 e. The van der Waals surface area contributed by atoms with Crippen LogP contribution in [0.1, 0.15) is 6.92 Å². The highest BCUT2D eigenvalue weighted by Crippen LogP contribution is 2.32. The fraction of sp³-hybridized carbons (Fsp3) is 0.857. The second-order valence-corrected chi connectivity index (χ2v) is 4.19. The largest absolute Gasteiger partial charge is 0.412 e. The van der Waals surface area contributed by atoms with Gasteiger partial charge in [-0.25, -0.2) is 0 Å². The number of alkyl halides is 1. The van der Waals surface area contributed by atoms with E-state index in [0.29, 0.717) is 0 Å². The van der Waals surface area contributed by atoms with Crippen molar-refractivity contribution in [3.63, 3.8) is 0 Å². The lowest BCUT2D eigenvalue weighted by molar-refractivity contribution is -0.198. The fourth-order valence-electron chi connectivity index (χ4n) is 1.13. The molecular formula is C7H13BrO6. The van der Waals surface area contributed by atoms with Gasteiger partial charge in [0.05, 0.1) is 6.61 Å². The van der Waals surface area contributed by atoms with E-state index >= 15 is 0 Å².